The number of anilines is 3. The van der Waals surface area contributed by atoms with Gasteiger partial charge in [-0.25, -0.2) is 0 Å². The summed E-state index contributed by atoms with van der Waals surface area (Å²) in [5, 5.41) is 10.2. The second kappa shape index (κ2) is 14.0. The van der Waals surface area contributed by atoms with Crippen LogP contribution >= 0.6 is 22.7 Å². The first-order chi connectivity index (χ1) is 30.7. The second-order valence-corrected chi connectivity index (χ2v) is 18.2. The maximum absolute atomic E-state index is 2.51. The summed E-state index contributed by atoms with van der Waals surface area (Å²) in [5.74, 6) is 0. The van der Waals surface area contributed by atoms with Crippen LogP contribution in [0.3, 0.4) is 0 Å². The highest BCUT2D eigenvalue weighted by Gasteiger charge is 2.23. The number of nitrogens with zero attached hydrogens (tertiary/aromatic N) is 2. The molecule has 0 aliphatic rings. The van der Waals surface area contributed by atoms with Gasteiger partial charge in [0.25, 0.3) is 0 Å². The van der Waals surface area contributed by atoms with Crippen molar-refractivity contribution < 1.29 is 0 Å². The number of hydrogen-bond donors (Lipinski definition) is 0. The third-order valence-corrected chi connectivity index (χ3v) is 14.9. The van der Waals surface area contributed by atoms with Gasteiger partial charge in [-0.05, 0) is 100 Å². The summed E-state index contributed by atoms with van der Waals surface area (Å²) in [6.07, 6.45) is 0. The van der Waals surface area contributed by atoms with Gasteiger partial charge in [-0.1, -0.05) is 146 Å². The predicted molar refractivity (Wildman–Crippen MR) is 270 cm³/mol. The van der Waals surface area contributed by atoms with Crippen molar-refractivity contribution in [3.8, 4) is 27.9 Å². The van der Waals surface area contributed by atoms with Gasteiger partial charge in [-0.2, -0.15) is 0 Å². The Hall–Kier alpha value is -7.50. The van der Waals surface area contributed by atoms with Gasteiger partial charge in [0, 0.05) is 73.7 Å². The molecule has 0 spiro atoms. The Morgan fingerprint density at radius 3 is 1.89 bits per heavy atom. The SMILES string of the molecule is c1ccc(-c2cc(-c3ccccc3)c3c(c2)c2cc(N(c4ccc5c(c4)sc4c6ccccc6ccc54)c4cccc5sc6ccccc6c45)ccc2n3-c2ccccc2)cc1. The fourth-order valence-electron chi connectivity index (χ4n) is 9.76. The average molecular weight is 825 g/mol. The molecule has 0 bridgehead atoms. The number of thiophene rings is 2. The number of aromatic nitrogens is 1. The first-order valence-corrected chi connectivity index (χ1v) is 22.7. The fraction of sp³-hybridized carbons (Fsp3) is 0. The Labute approximate surface area is 366 Å². The molecular formula is C58H36N2S2. The van der Waals surface area contributed by atoms with Crippen molar-refractivity contribution in [3.05, 3.63) is 218 Å². The van der Waals surface area contributed by atoms with E-state index in [9.17, 15) is 0 Å². The molecule has 0 aliphatic heterocycles. The molecule has 10 aromatic carbocycles. The molecule has 3 heterocycles. The Bertz CT molecular complexity index is 3860. The molecule has 0 saturated carbocycles. The smallest absolute Gasteiger partial charge is 0.0619 e. The molecule has 2 nitrogen and oxygen atoms in total. The van der Waals surface area contributed by atoms with Crippen LogP contribution in [0.15, 0.2) is 218 Å². The molecule has 3 aromatic heterocycles. The summed E-state index contributed by atoms with van der Waals surface area (Å²) < 4.78 is 7.67. The molecule has 0 fully saturated rings. The molecule has 0 unspecified atom stereocenters. The maximum Gasteiger partial charge on any atom is 0.0619 e. The largest absolute Gasteiger partial charge is 0.310 e. The van der Waals surface area contributed by atoms with E-state index in [1.54, 1.807) is 0 Å². The van der Waals surface area contributed by atoms with E-state index in [1.807, 2.05) is 22.7 Å². The van der Waals surface area contributed by atoms with Crippen LogP contribution in [-0.4, -0.2) is 4.57 Å². The van der Waals surface area contributed by atoms with Crippen molar-refractivity contribution in [1.29, 1.82) is 0 Å². The van der Waals surface area contributed by atoms with Crippen molar-refractivity contribution in [2.45, 2.75) is 0 Å². The molecule has 4 heteroatoms. The highest BCUT2D eigenvalue weighted by atomic mass is 32.1. The Morgan fingerprint density at radius 1 is 0.371 bits per heavy atom. The van der Waals surface area contributed by atoms with E-state index in [4.69, 9.17) is 0 Å². The van der Waals surface area contributed by atoms with Gasteiger partial charge in [0.05, 0.1) is 16.7 Å². The van der Waals surface area contributed by atoms with E-state index in [0.717, 1.165) is 17.1 Å². The third-order valence-electron chi connectivity index (χ3n) is 12.5. The molecule has 0 saturated heterocycles. The van der Waals surface area contributed by atoms with Gasteiger partial charge in [-0.3, -0.25) is 0 Å². The van der Waals surface area contributed by atoms with Gasteiger partial charge in [-0.15, -0.1) is 22.7 Å². The quantitative estimate of drug-likeness (QED) is 0.162. The first kappa shape index (κ1) is 35.3. The highest BCUT2D eigenvalue weighted by Crippen LogP contribution is 2.49. The molecule has 62 heavy (non-hydrogen) atoms. The Kier molecular flexibility index (Phi) is 7.99. The number of fused-ring (bicyclic) bond motifs is 11. The Balaban J connectivity index is 1.12. The summed E-state index contributed by atoms with van der Waals surface area (Å²) in [6, 6.07) is 80.5. The average Bonchev–Trinajstić information content (AvgIpc) is 4.02. The van der Waals surface area contributed by atoms with Gasteiger partial charge in [0.15, 0.2) is 0 Å². The van der Waals surface area contributed by atoms with Crippen LogP contribution in [0, 0.1) is 0 Å². The lowest BCUT2D eigenvalue weighted by atomic mass is 9.95. The molecule has 13 aromatic rings. The summed E-state index contributed by atoms with van der Waals surface area (Å²) >= 11 is 3.76. The summed E-state index contributed by atoms with van der Waals surface area (Å²) in [7, 11) is 0. The fourth-order valence-corrected chi connectivity index (χ4v) is 12.2. The highest BCUT2D eigenvalue weighted by molar-refractivity contribution is 7.27. The van der Waals surface area contributed by atoms with Crippen LogP contribution < -0.4 is 4.90 Å². The Morgan fingerprint density at radius 2 is 1.05 bits per heavy atom. The van der Waals surface area contributed by atoms with Crippen LogP contribution in [0.1, 0.15) is 0 Å². The van der Waals surface area contributed by atoms with Gasteiger partial charge in [0.1, 0.15) is 0 Å². The number of benzene rings is 10. The molecular weight excluding hydrogens is 789 g/mol. The van der Waals surface area contributed by atoms with Crippen LogP contribution in [0.5, 0.6) is 0 Å². The molecule has 0 atom stereocenters. The van der Waals surface area contributed by atoms with Crippen LogP contribution in [0.4, 0.5) is 17.1 Å². The standard InChI is InChI=1S/C58H36N2S2/c1-4-15-37(16-5-1)40-33-48(38-17-6-2-7-18-38)57-50(34-40)49-35-42(29-32-51(49)60(57)41-20-8-3-9-21-41)59(52-24-14-26-54-56(52)47-23-12-13-25-53(47)61-54)43-28-31-45-46-30-27-39-19-10-11-22-44(39)58(46)62-55(45)36-43/h1-36H. The van der Waals surface area contributed by atoms with E-state index >= 15 is 0 Å². The van der Waals surface area contributed by atoms with E-state index in [2.05, 4.69) is 228 Å². The van der Waals surface area contributed by atoms with Gasteiger partial charge < -0.3 is 9.47 Å². The van der Waals surface area contributed by atoms with Crippen molar-refractivity contribution in [3.63, 3.8) is 0 Å². The molecule has 13 rings (SSSR count). The van der Waals surface area contributed by atoms with Crippen LogP contribution in [-0.2, 0) is 0 Å². The lowest BCUT2D eigenvalue weighted by molar-refractivity contribution is 1.18. The zero-order chi connectivity index (χ0) is 40.7. The zero-order valence-electron chi connectivity index (χ0n) is 33.5. The van der Waals surface area contributed by atoms with E-state index in [-0.39, 0.29) is 0 Å². The number of rotatable bonds is 6. The minimum atomic E-state index is 1.12. The van der Waals surface area contributed by atoms with Gasteiger partial charge in [0.2, 0.25) is 0 Å². The molecule has 0 radical (unpaired) electrons. The van der Waals surface area contributed by atoms with E-state index in [0.29, 0.717) is 0 Å². The second-order valence-electron chi connectivity index (χ2n) is 16.1. The van der Waals surface area contributed by atoms with E-state index in [1.165, 1.54) is 101 Å². The maximum atomic E-state index is 2.51. The zero-order valence-corrected chi connectivity index (χ0v) is 35.1. The first-order valence-electron chi connectivity index (χ1n) is 21.1. The van der Waals surface area contributed by atoms with E-state index < -0.39 is 0 Å². The molecule has 290 valence electrons. The van der Waals surface area contributed by atoms with Crippen molar-refractivity contribution in [2.75, 3.05) is 4.90 Å². The minimum Gasteiger partial charge on any atom is -0.310 e. The number of para-hydroxylation sites is 1. The van der Waals surface area contributed by atoms with Crippen molar-refractivity contribution in [2.24, 2.45) is 0 Å². The lowest BCUT2D eigenvalue weighted by Crippen LogP contribution is -2.10. The summed E-state index contributed by atoms with van der Waals surface area (Å²) in [6.45, 7) is 0. The van der Waals surface area contributed by atoms with Crippen molar-refractivity contribution in [1.82, 2.24) is 4.57 Å². The normalized spacial score (nSPS) is 11.9. The molecule has 0 aliphatic carbocycles. The van der Waals surface area contributed by atoms with Gasteiger partial charge >= 0.3 is 0 Å². The van der Waals surface area contributed by atoms with Crippen LogP contribution in [0.2, 0.25) is 0 Å². The lowest BCUT2D eigenvalue weighted by Gasteiger charge is -2.27. The number of hydrogen-bond acceptors (Lipinski definition) is 3. The van der Waals surface area contributed by atoms with Crippen molar-refractivity contribution >= 4 is 113 Å². The summed E-state index contributed by atoms with van der Waals surface area (Å²) in [5.41, 5.74) is 11.7. The molecule has 0 N–H and O–H groups in total. The summed E-state index contributed by atoms with van der Waals surface area (Å²) in [4.78, 5) is 2.51. The topological polar surface area (TPSA) is 8.17 Å². The monoisotopic (exact) mass is 824 g/mol. The predicted octanol–water partition coefficient (Wildman–Crippen LogP) is 17.5. The molecule has 0 amide bonds. The third kappa shape index (κ3) is 5.47. The minimum absolute atomic E-state index is 1.12. The van der Waals surface area contributed by atoms with Crippen LogP contribution in [0.25, 0.3) is 101 Å².